The molecular weight excluding hydrogens is 198 g/mol. The number of hydrogen-bond acceptors (Lipinski definition) is 3. The Labute approximate surface area is 101 Å². The molecule has 1 aliphatic heterocycles. The van der Waals surface area contributed by atoms with Gasteiger partial charge in [-0.15, -0.1) is 0 Å². The topological polar surface area (TPSA) is 18.5 Å². The summed E-state index contributed by atoms with van der Waals surface area (Å²) in [4.78, 5) is 5.04. The first-order valence-corrected chi connectivity index (χ1v) is 6.76. The fraction of sp³-hybridized carbons (Fsp3) is 1.00. The van der Waals surface area contributed by atoms with Crippen molar-refractivity contribution >= 4 is 0 Å². The molecule has 16 heavy (non-hydrogen) atoms. The second-order valence-electron chi connectivity index (χ2n) is 5.25. The molecule has 3 nitrogen and oxygen atoms in total. The van der Waals surface area contributed by atoms with Gasteiger partial charge in [-0.05, 0) is 59.9 Å². The third-order valence-corrected chi connectivity index (χ3v) is 3.77. The lowest BCUT2D eigenvalue weighted by Crippen LogP contribution is -2.48. The summed E-state index contributed by atoms with van der Waals surface area (Å²) >= 11 is 0. The maximum absolute atomic E-state index is 3.42. The first-order chi connectivity index (χ1) is 7.65. The molecule has 0 aromatic heterocycles. The second-order valence-corrected chi connectivity index (χ2v) is 5.25. The third kappa shape index (κ3) is 4.40. The summed E-state index contributed by atoms with van der Waals surface area (Å²) in [6.07, 6.45) is 3.99. The molecule has 0 amide bonds. The molecule has 1 aliphatic rings. The lowest BCUT2D eigenvalue weighted by molar-refractivity contribution is 0.0988. The SMILES string of the molecule is CCNCCC(C)N1CCCC(N(C)C)C1. The van der Waals surface area contributed by atoms with Crippen LogP contribution in [0.15, 0.2) is 0 Å². The van der Waals surface area contributed by atoms with Gasteiger partial charge in [0.05, 0.1) is 0 Å². The number of likely N-dealkylation sites (N-methyl/N-ethyl adjacent to an activating group) is 1. The van der Waals surface area contributed by atoms with Crippen LogP contribution in [0.4, 0.5) is 0 Å². The number of rotatable bonds is 6. The van der Waals surface area contributed by atoms with Gasteiger partial charge < -0.3 is 10.2 Å². The zero-order valence-corrected chi connectivity index (χ0v) is 11.5. The Morgan fingerprint density at radius 2 is 2.19 bits per heavy atom. The molecule has 1 N–H and O–H groups in total. The van der Waals surface area contributed by atoms with E-state index in [9.17, 15) is 0 Å². The maximum atomic E-state index is 3.42. The Kier molecular flexibility index (Phi) is 6.32. The van der Waals surface area contributed by atoms with E-state index in [1.54, 1.807) is 0 Å². The zero-order valence-electron chi connectivity index (χ0n) is 11.5. The molecule has 3 heteroatoms. The second kappa shape index (κ2) is 7.25. The van der Waals surface area contributed by atoms with Crippen molar-refractivity contribution in [1.29, 1.82) is 0 Å². The molecule has 96 valence electrons. The van der Waals surface area contributed by atoms with Gasteiger partial charge in [0.2, 0.25) is 0 Å². The molecule has 2 unspecified atom stereocenters. The number of likely N-dealkylation sites (tertiary alicyclic amines) is 1. The summed E-state index contributed by atoms with van der Waals surface area (Å²) in [5.74, 6) is 0. The molecule has 1 rings (SSSR count). The Morgan fingerprint density at radius 3 is 2.81 bits per heavy atom. The number of nitrogens with one attached hydrogen (secondary N) is 1. The molecule has 1 heterocycles. The lowest BCUT2D eigenvalue weighted by Gasteiger charge is -2.39. The van der Waals surface area contributed by atoms with E-state index in [0.717, 1.165) is 25.2 Å². The van der Waals surface area contributed by atoms with Crippen molar-refractivity contribution in [2.75, 3.05) is 40.3 Å². The molecule has 0 saturated carbocycles. The highest BCUT2D eigenvalue weighted by Gasteiger charge is 2.24. The molecule has 2 atom stereocenters. The van der Waals surface area contributed by atoms with Crippen molar-refractivity contribution in [3.63, 3.8) is 0 Å². The number of hydrogen-bond donors (Lipinski definition) is 1. The highest BCUT2D eigenvalue weighted by molar-refractivity contribution is 4.81. The van der Waals surface area contributed by atoms with Crippen molar-refractivity contribution in [2.45, 2.75) is 45.2 Å². The van der Waals surface area contributed by atoms with E-state index in [1.165, 1.54) is 32.4 Å². The Bertz CT molecular complexity index is 182. The first kappa shape index (κ1) is 13.9. The average molecular weight is 227 g/mol. The summed E-state index contributed by atoms with van der Waals surface area (Å²) < 4.78 is 0. The smallest absolute Gasteiger partial charge is 0.0217 e. The molecule has 1 saturated heterocycles. The molecular formula is C13H29N3. The summed E-state index contributed by atoms with van der Waals surface area (Å²) in [5.41, 5.74) is 0. The standard InChI is InChI=1S/C13H29N3/c1-5-14-9-8-12(2)16-10-6-7-13(11-16)15(3)4/h12-14H,5-11H2,1-4H3. The van der Waals surface area contributed by atoms with Crippen LogP contribution >= 0.6 is 0 Å². The highest BCUT2D eigenvalue weighted by Crippen LogP contribution is 2.17. The Balaban J connectivity index is 2.29. The van der Waals surface area contributed by atoms with Gasteiger partial charge in [0.25, 0.3) is 0 Å². The molecule has 0 aromatic carbocycles. The van der Waals surface area contributed by atoms with E-state index in [-0.39, 0.29) is 0 Å². The van der Waals surface area contributed by atoms with Crippen LogP contribution in [0.25, 0.3) is 0 Å². The quantitative estimate of drug-likeness (QED) is 0.692. The van der Waals surface area contributed by atoms with Crippen LogP contribution in [0, 0.1) is 0 Å². The maximum Gasteiger partial charge on any atom is 0.0217 e. The summed E-state index contributed by atoms with van der Waals surface area (Å²) in [7, 11) is 4.41. The first-order valence-electron chi connectivity index (χ1n) is 6.76. The van der Waals surface area contributed by atoms with Crippen molar-refractivity contribution in [3.8, 4) is 0 Å². The van der Waals surface area contributed by atoms with Crippen LogP contribution in [0.2, 0.25) is 0 Å². The van der Waals surface area contributed by atoms with Crippen LogP contribution in [0.3, 0.4) is 0 Å². The van der Waals surface area contributed by atoms with Crippen LogP contribution < -0.4 is 5.32 Å². The van der Waals surface area contributed by atoms with E-state index in [0.29, 0.717) is 0 Å². The van der Waals surface area contributed by atoms with Gasteiger partial charge >= 0.3 is 0 Å². The fourth-order valence-electron chi connectivity index (χ4n) is 2.48. The summed E-state index contributed by atoms with van der Waals surface area (Å²) in [5, 5.41) is 3.42. The molecule has 1 fully saturated rings. The molecule has 0 spiro atoms. The van der Waals surface area contributed by atoms with Crippen LogP contribution in [0.1, 0.15) is 33.1 Å². The van der Waals surface area contributed by atoms with Gasteiger partial charge in [-0.3, -0.25) is 4.90 Å². The van der Waals surface area contributed by atoms with Crippen LogP contribution in [0.5, 0.6) is 0 Å². The fourth-order valence-corrected chi connectivity index (χ4v) is 2.48. The molecule has 0 radical (unpaired) electrons. The molecule has 0 aromatic rings. The summed E-state index contributed by atoms with van der Waals surface area (Å²) in [6, 6.07) is 1.48. The van der Waals surface area contributed by atoms with Crippen LogP contribution in [-0.2, 0) is 0 Å². The zero-order chi connectivity index (χ0) is 12.0. The van der Waals surface area contributed by atoms with Crippen molar-refractivity contribution in [2.24, 2.45) is 0 Å². The van der Waals surface area contributed by atoms with Gasteiger partial charge in [-0.2, -0.15) is 0 Å². The molecule has 0 aliphatic carbocycles. The van der Waals surface area contributed by atoms with Gasteiger partial charge in [-0.25, -0.2) is 0 Å². The van der Waals surface area contributed by atoms with E-state index in [4.69, 9.17) is 0 Å². The molecule has 0 bridgehead atoms. The monoisotopic (exact) mass is 227 g/mol. The Morgan fingerprint density at radius 1 is 1.44 bits per heavy atom. The number of nitrogens with zero attached hydrogens (tertiary/aromatic N) is 2. The third-order valence-electron chi connectivity index (χ3n) is 3.77. The predicted octanol–water partition coefficient (Wildman–Crippen LogP) is 1.40. The number of piperidine rings is 1. The lowest BCUT2D eigenvalue weighted by atomic mass is 10.0. The van der Waals surface area contributed by atoms with E-state index in [2.05, 4.69) is 43.1 Å². The summed E-state index contributed by atoms with van der Waals surface area (Å²) in [6.45, 7) is 9.33. The van der Waals surface area contributed by atoms with Crippen molar-refractivity contribution in [3.05, 3.63) is 0 Å². The predicted molar refractivity (Wildman–Crippen MR) is 70.9 cm³/mol. The van der Waals surface area contributed by atoms with Crippen molar-refractivity contribution in [1.82, 2.24) is 15.1 Å². The van der Waals surface area contributed by atoms with E-state index < -0.39 is 0 Å². The normalized spacial score (nSPS) is 24.9. The minimum Gasteiger partial charge on any atom is -0.317 e. The highest BCUT2D eigenvalue weighted by atomic mass is 15.2. The van der Waals surface area contributed by atoms with Gasteiger partial charge in [0.15, 0.2) is 0 Å². The van der Waals surface area contributed by atoms with Crippen molar-refractivity contribution < 1.29 is 0 Å². The van der Waals surface area contributed by atoms with Gasteiger partial charge in [0, 0.05) is 18.6 Å². The largest absolute Gasteiger partial charge is 0.317 e. The van der Waals surface area contributed by atoms with Gasteiger partial charge in [0.1, 0.15) is 0 Å². The van der Waals surface area contributed by atoms with E-state index >= 15 is 0 Å². The minimum absolute atomic E-state index is 0.724. The Hall–Kier alpha value is -0.120. The van der Waals surface area contributed by atoms with Crippen LogP contribution in [-0.4, -0.2) is 62.2 Å². The average Bonchev–Trinajstić information content (AvgIpc) is 2.29. The van der Waals surface area contributed by atoms with E-state index in [1.807, 2.05) is 0 Å². The minimum atomic E-state index is 0.724. The van der Waals surface area contributed by atoms with Gasteiger partial charge in [-0.1, -0.05) is 6.92 Å².